The van der Waals surface area contributed by atoms with E-state index in [-0.39, 0.29) is 19.0 Å². The molecule has 0 saturated carbocycles. The first kappa shape index (κ1) is 21.7. The fourth-order valence-corrected chi connectivity index (χ4v) is 2.44. The van der Waals surface area contributed by atoms with Crippen molar-refractivity contribution in [1.82, 2.24) is 10.6 Å². The summed E-state index contributed by atoms with van der Waals surface area (Å²) in [5.41, 5.74) is 1.99. The minimum Gasteiger partial charge on any atom is -0.367 e. The average Bonchev–Trinajstić information content (AvgIpc) is 2.64. The highest BCUT2D eigenvalue weighted by Crippen LogP contribution is 2.16. The van der Waals surface area contributed by atoms with Gasteiger partial charge in [-0.1, -0.05) is 42.5 Å². The van der Waals surface area contributed by atoms with Gasteiger partial charge in [-0.25, -0.2) is 9.38 Å². The van der Waals surface area contributed by atoms with Gasteiger partial charge >= 0.3 is 6.18 Å². The maximum absolute atomic E-state index is 13.7. The van der Waals surface area contributed by atoms with Crippen molar-refractivity contribution < 1.29 is 22.3 Å². The number of aliphatic imine (C=N–C) groups is 1. The predicted octanol–water partition coefficient (Wildman–Crippen LogP) is 4.16. The van der Waals surface area contributed by atoms with Gasteiger partial charge in [-0.3, -0.25) is 0 Å². The van der Waals surface area contributed by atoms with E-state index in [0.29, 0.717) is 30.2 Å². The van der Waals surface area contributed by atoms with E-state index in [1.807, 2.05) is 13.0 Å². The summed E-state index contributed by atoms with van der Waals surface area (Å²) in [6.07, 6.45) is -4.34. The summed E-state index contributed by atoms with van der Waals surface area (Å²) in [6.45, 7) is 1.75. The van der Waals surface area contributed by atoms with Crippen molar-refractivity contribution in [3.05, 3.63) is 71.0 Å². The first-order chi connectivity index (χ1) is 13.4. The first-order valence-corrected chi connectivity index (χ1v) is 8.85. The van der Waals surface area contributed by atoms with Crippen molar-refractivity contribution in [2.24, 2.45) is 4.99 Å². The molecule has 8 heteroatoms. The van der Waals surface area contributed by atoms with Crippen LogP contribution in [0, 0.1) is 5.82 Å². The van der Waals surface area contributed by atoms with Gasteiger partial charge in [0.2, 0.25) is 0 Å². The molecule has 0 saturated heterocycles. The monoisotopic (exact) mass is 397 g/mol. The summed E-state index contributed by atoms with van der Waals surface area (Å²) in [5, 5.41) is 6.14. The van der Waals surface area contributed by atoms with Crippen molar-refractivity contribution >= 4 is 5.96 Å². The normalized spacial score (nSPS) is 12.1. The van der Waals surface area contributed by atoms with Gasteiger partial charge in [0.15, 0.2) is 5.96 Å². The zero-order valence-corrected chi connectivity index (χ0v) is 15.5. The molecule has 0 aliphatic rings. The van der Waals surface area contributed by atoms with Gasteiger partial charge in [0, 0.05) is 18.7 Å². The van der Waals surface area contributed by atoms with Gasteiger partial charge in [0.05, 0.1) is 13.2 Å². The van der Waals surface area contributed by atoms with Crippen molar-refractivity contribution in [3.8, 4) is 0 Å². The van der Waals surface area contributed by atoms with Crippen LogP contribution in [-0.4, -0.2) is 25.3 Å². The van der Waals surface area contributed by atoms with E-state index < -0.39 is 12.8 Å². The molecule has 2 rings (SSSR count). The number of halogens is 4. The van der Waals surface area contributed by atoms with E-state index in [2.05, 4.69) is 20.4 Å². The molecular weight excluding hydrogens is 374 g/mol. The smallest absolute Gasteiger partial charge is 0.367 e. The fraction of sp³-hybridized carbons (Fsp3) is 0.350. The van der Waals surface area contributed by atoms with Crippen LogP contribution in [0.15, 0.2) is 53.5 Å². The lowest BCUT2D eigenvalue weighted by molar-refractivity contribution is -0.176. The molecule has 0 unspecified atom stereocenters. The lowest BCUT2D eigenvalue weighted by atomic mass is 10.1. The van der Waals surface area contributed by atoms with Crippen LogP contribution < -0.4 is 10.6 Å². The second-order valence-corrected chi connectivity index (χ2v) is 6.07. The molecule has 2 N–H and O–H groups in total. The molecule has 152 valence electrons. The minimum atomic E-state index is -4.34. The van der Waals surface area contributed by atoms with Crippen LogP contribution in [0.25, 0.3) is 0 Å². The van der Waals surface area contributed by atoms with Crippen LogP contribution >= 0.6 is 0 Å². The zero-order valence-electron chi connectivity index (χ0n) is 15.5. The zero-order chi connectivity index (χ0) is 20.4. The highest BCUT2D eigenvalue weighted by Gasteiger charge is 2.27. The number of alkyl halides is 3. The highest BCUT2D eigenvalue weighted by molar-refractivity contribution is 5.79. The van der Waals surface area contributed by atoms with E-state index >= 15 is 0 Å². The van der Waals surface area contributed by atoms with Crippen LogP contribution in [0.5, 0.6) is 0 Å². The number of benzene rings is 2. The van der Waals surface area contributed by atoms with Crippen molar-refractivity contribution in [3.63, 3.8) is 0 Å². The molecule has 2 aromatic rings. The number of nitrogens with one attached hydrogen (secondary N) is 2. The Labute approximate surface area is 161 Å². The molecule has 0 aliphatic carbocycles. The summed E-state index contributed by atoms with van der Waals surface area (Å²) in [5.74, 6) is 0.224. The van der Waals surface area contributed by atoms with Gasteiger partial charge in [0.25, 0.3) is 0 Å². The van der Waals surface area contributed by atoms with E-state index in [9.17, 15) is 17.6 Å². The Morgan fingerprint density at radius 1 is 1.04 bits per heavy atom. The largest absolute Gasteiger partial charge is 0.411 e. The maximum Gasteiger partial charge on any atom is 0.411 e. The summed E-state index contributed by atoms with van der Waals surface area (Å²) in [6, 6.07) is 13.5. The number of guanidine groups is 1. The molecule has 2 aromatic carbocycles. The quantitative estimate of drug-likeness (QED) is 0.400. The van der Waals surface area contributed by atoms with Crippen LogP contribution in [0.2, 0.25) is 0 Å². The second kappa shape index (κ2) is 10.7. The molecule has 0 heterocycles. The van der Waals surface area contributed by atoms with E-state index in [0.717, 1.165) is 5.56 Å². The topological polar surface area (TPSA) is 45.7 Å². The minimum absolute atomic E-state index is 0.122. The van der Waals surface area contributed by atoms with E-state index in [1.54, 1.807) is 36.4 Å². The molecule has 0 spiro atoms. The highest BCUT2D eigenvalue weighted by atomic mass is 19.4. The van der Waals surface area contributed by atoms with Gasteiger partial charge in [-0.05, 0) is 24.1 Å². The molecule has 0 aromatic heterocycles. The molecule has 0 fully saturated rings. The molecule has 28 heavy (non-hydrogen) atoms. The third-order valence-corrected chi connectivity index (χ3v) is 3.69. The van der Waals surface area contributed by atoms with Crippen LogP contribution in [-0.2, 0) is 24.4 Å². The Morgan fingerprint density at radius 2 is 1.79 bits per heavy atom. The van der Waals surface area contributed by atoms with Gasteiger partial charge < -0.3 is 15.4 Å². The number of rotatable bonds is 8. The third-order valence-electron chi connectivity index (χ3n) is 3.69. The van der Waals surface area contributed by atoms with Crippen molar-refractivity contribution in [2.75, 3.05) is 13.2 Å². The molecule has 0 atom stereocenters. The molecule has 0 amide bonds. The summed E-state index contributed by atoms with van der Waals surface area (Å²) in [7, 11) is 0. The lowest BCUT2D eigenvalue weighted by Gasteiger charge is -2.12. The van der Waals surface area contributed by atoms with Gasteiger partial charge in [-0.15, -0.1) is 0 Å². The number of hydrogen-bond donors (Lipinski definition) is 2. The van der Waals surface area contributed by atoms with Crippen molar-refractivity contribution in [1.29, 1.82) is 0 Å². The molecule has 0 aliphatic heterocycles. The van der Waals surface area contributed by atoms with E-state index in [4.69, 9.17) is 0 Å². The van der Waals surface area contributed by atoms with Crippen LogP contribution in [0.4, 0.5) is 17.6 Å². The molecule has 0 radical (unpaired) electrons. The maximum atomic E-state index is 13.7. The summed E-state index contributed by atoms with van der Waals surface area (Å²) >= 11 is 0. The SMILES string of the molecule is CCNC(=NCc1cccc(COCC(F)(F)F)c1)NCc1ccccc1F. The number of nitrogens with zero attached hydrogens (tertiary/aromatic N) is 1. The lowest BCUT2D eigenvalue weighted by Crippen LogP contribution is -2.37. The van der Waals surface area contributed by atoms with Crippen LogP contribution in [0.1, 0.15) is 23.6 Å². The molecular formula is C20H23F4N3O. The van der Waals surface area contributed by atoms with Gasteiger partial charge in [0.1, 0.15) is 12.4 Å². The Bertz CT molecular complexity index is 778. The Hall–Kier alpha value is -2.61. The Morgan fingerprint density at radius 3 is 2.50 bits per heavy atom. The molecule has 4 nitrogen and oxygen atoms in total. The van der Waals surface area contributed by atoms with E-state index in [1.165, 1.54) is 6.07 Å². The van der Waals surface area contributed by atoms with Gasteiger partial charge in [-0.2, -0.15) is 13.2 Å². The number of ether oxygens (including phenoxy) is 1. The third kappa shape index (κ3) is 7.96. The summed E-state index contributed by atoms with van der Waals surface area (Å²) < 4.78 is 54.9. The first-order valence-electron chi connectivity index (χ1n) is 8.85. The predicted molar refractivity (Wildman–Crippen MR) is 100 cm³/mol. The van der Waals surface area contributed by atoms with Crippen molar-refractivity contribution in [2.45, 2.75) is 32.8 Å². The van der Waals surface area contributed by atoms with Crippen LogP contribution in [0.3, 0.4) is 0 Å². The Balaban J connectivity index is 1.94. The summed E-state index contributed by atoms with van der Waals surface area (Å²) in [4.78, 5) is 4.44. The number of hydrogen-bond acceptors (Lipinski definition) is 2. The molecule has 0 bridgehead atoms. The fourth-order valence-electron chi connectivity index (χ4n) is 2.44. The second-order valence-electron chi connectivity index (χ2n) is 6.07. The standard InChI is InChI=1S/C20H23F4N3O/c1-2-25-19(27-12-17-8-3-4-9-18(17)21)26-11-15-6-5-7-16(10-15)13-28-14-20(22,23)24/h3-10H,2,11-14H2,1H3,(H2,25,26,27). The Kier molecular flexibility index (Phi) is 8.25. The average molecular weight is 397 g/mol.